The molecule has 140 valence electrons. The quantitative estimate of drug-likeness (QED) is 0.511. The van der Waals surface area contributed by atoms with E-state index in [1.807, 2.05) is 66.1 Å². The van der Waals surface area contributed by atoms with E-state index in [0.717, 1.165) is 15.6 Å². The normalized spacial score (nSPS) is 14.2. The van der Waals surface area contributed by atoms with Crippen LogP contribution in [0.3, 0.4) is 0 Å². The lowest BCUT2D eigenvalue weighted by Crippen LogP contribution is -2.43. The summed E-state index contributed by atoms with van der Waals surface area (Å²) in [7, 11) is 1.61. The Morgan fingerprint density at radius 3 is 2.68 bits per heavy atom. The number of hydrogen-bond acceptors (Lipinski definition) is 5. The number of benzene rings is 2. The third kappa shape index (κ3) is 3.72. The van der Waals surface area contributed by atoms with Gasteiger partial charge in [-0.25, -0.2) is 4.79 Å². The van der Waals surface area contributed by atoms with E-state index in [0.29, 0.717) is 16.3 Å². The number of allylic oxidation sites excluding steroid dienone is 1. The van der Waals surface area contributed by atoms with Crippen LogP contribution in [0.4, 0.5) is 5.69 Å². The Hall–Kier alpha value is -2.90. The number of rotatable bonds is 5. The third-order valence-electron chi connectivity index (χ3n) is 4.20. The number of thiazole rings is 1. The number of nitrogens with one attached hydrogen (secondary N) is 1. The van der Waals surface area contributed by atoms with E-state index in [1.54, 1.807) is 11.7 Å². The number of para-hydroxylation sites is 2. The molecule has 1 aliphatic heterocycles. The predicted molar refractivity (Wildman–Crippen MR) is 111 cm³/mol. The third-order valence-corrected chi connectivity index (χ3v) is 6.38. The van der Waals surface area contributed by atoms with E-state index >= 15 is 0 Å². The van der Waals surface area contributed by atoms with Gasteiger partial charge in [-0.05, 0) is 24.3 Å². The second-order valence-electron chi connectivity index (χ2n) is 6.08. The maximum atomic E-state index is 12.9. The van der Waals surface area contributed by atoms with Crippen molar-refractivity contribution in [3.63, 3.8) is 0 Å². The average molecular weight is 410 g/mol. The minimum absolute atomic E-state index is 0.116. The van der Waals surface area contributed by atoms with Crippen LogP contribution < -0.4 is 14.6 Å². The van der Waals surface area contributed by atoms with Crippen LogP contribution >= 0.6 is 23.1 Å². The van der Waals surface area contributed by atoms with Gasteiger partial charge in [-0.1, -0.05) is 47.7 Å². The van der Waals surface area contributed by atoms with Crippen molar-refractivity contribution in [2.24, 2.45) is 0 Å². The zero-order valence-electron chi connectivity index (χ0n) is 15.0. The van der Waals surface area contributed by atoms with Gasteiger partial charge in [0.1, 0.15) is 17.1 Å². The second kappa shape index (κ2) is 8.00. The van der Waals surface area contributed by atoms with Crippen molar-refractivity contribution in [2.75, 3.05) is 12.4 Å². The molecule has 4 rings (SSSR count). The summed E-state index contributed by atoms with van der Waals surface area (Å²) in [4.78, 5) is 25.9. The molecule has 1 N–H and O–H groups in total. The van der Waals surface area contributed by atoms with Gasteiger partial charge in [0, 0.05) is 23.0 Å². The average Bonchev–Trinajstić information content (AvgIpc) is 3.23. The van der Waals surface area contributed by atoms with E-state index in [4.69, 9.17) is 4.74 Å². The second-order valence-corrected chi connectivity index (χ2v) is 8.22. The maximum absolute atomic E-state index is 12.9. The Morgan fingerprint density at radius 1 is 1.14 bits per heavy atom. The zero-order valence-corrected chi connectivity index (χ0v) is 16.7. The van der Waals surface area contributed by atoms with Crippen LogP contribution in [0.25, 0.3) is 6.08 Å². The van der Waals surface area contributed by atoms with Crippen molar-refractivity contribution in [1.82, 2.24) is 0 Å². The summed E-state index contributed by atoms with van der Waals surface area (Å²) < 4.78 is 7.84. The topological polar surface area (TPSA) is 59.3 Å². The van der Waals surface area contributed by atoms with Crippen molar-refractivity contribution < 1.29 is 18.9 Å². The molecule has 1 aliphatic rings. The molecule has 0 aliphatic carbocycles. The lowest BCUT2D eigenvalue weighted by molar-refractivity contribution is -0.607. The van der Waals surface area contributed by atoms with Gasteiger partial charge in [0.25, 0.3) is 0 Å². The minimum Gasteiger partial charge on any atom is -0.496 e. The number of thioether (sulfide) groups is 1. The van der Waals surface area contributed by atoms with Crippen LogP contribution in [0.15, 0.2) is 69.2 Å². The zero-order chi connectivity index (χ0) is 19.5. The fourth-order valence-corrected chi connectivity index (χ4v) is 5.08. The molecule has 28 heavy (non-hydrogen) atoms. The molecular weight excluding hydrogens is 392 g/mol. The fourth-order valence-electron chi connectivity index (χ4n) is 2.90. The standard InChI is InChI=1S/C21H16N2O3S2/c1-26-17-10-6-5-7-14(17)11-18-20(25)23-16(13-27-21(23)28-18)12-19(24)22-15-8-3-2-4-9-15/h2-11,13H,12H2,1H3/p+1/b18-11+. The van der Waals surface area contributed by atoms with Crippen molar-refractivity contribution >= 4 is 46.7 Å². The van der Waals surface area contributed by atoms with Crippen molar-refractivity contribution in [3.8, 4) is 5.75 Å². The number of ether oxygens (including phenoxy) is 1. The van der Waals surface area contributed by atoms with Crippen LogP contribution in [0.1, 0.15) is 16.1 Å². The summed E-state index contributed by atoms with van der Waals surface area (Å²) in [5.41, 5.74) is 2.27. The molecule has 0 saturated heterocycles. The molecule has 0 radical (unpaired) electrons. The highest BCUT2D eigenvalue weighted by atomic mass is 32.2. The first-order chi connectivity index (χ1) is 13.7. The van der Waals surface area contributed by atoms with Crippen molar-refractivity contribution in [3.05, 3.63) is 76.1 Å². The van der Waals surface area contributed by atoms with E-state index < -0.39 is 0 Å². The number of carbonyl (C=O) groups is 2. The van der Waals surface area contributed by atoms with Crippen LogP contribution in [-0.4, -0.2) is 18.9 Å². The van der Waals surface area contributed by atoms with E-state index in [1.165, 1.54) is 23.1 Å². The number of fused-ring (bicyclic) bond motifs is 1. The Morgan fingerprint density at radius 2 is 1.89 bits per heavy atom. The van der Waals surface area contributed by atoms with Gasteiger partial charge in [-0.2, -0.15) is 0 Å². The summed E-state index contributed by atoms with van der Waals surface area (Å²) in [6.07, 6.45) is 1.97. The number of hydrogen-bond donors (Lipinski definition) is 1. The van der Waals surface area contributed by atoms with Gasteiger partial charge in [0.2, 0.25) is 11.6 Å². The van der Waals surface area contributed by atoms with Gasteiger partial charge in [-0.15, -0.1) is 4.57 Å². The highest BCUT2D eigenvalue weighted by Crippen LogP contribution is 2.36. The first-order valence-electron chi connectivity index (χ1n) is 8.60. The monoisotopic (exact) mass is 409 g/mol. The van der Waals surface area contributed by atoms with E-state index in [2.05, 4.69) is 5.32 Å². The number of nitrogens with zero attached hydrogens (tertiary/aromatic N) is 1. The first kappa shape index (κ1) is 18.5. The lowest BCUT2D eigenvalue weighted by Gasteiger charge is -2.03. The summed E-state index contributed by atoms with van der Waals surface area (Å²) in [6.45, 7) is 0. The summed E-state index contributed by atoms with van der Waals surface area (Å²) in [5.74, 6) is 0.444. The van der Waals surface area contributed by atoms with Crippen LogP contribution in [0, 0.1) is 0 Å². The molecule has 0 atom stereocenters. The van der Waals surface area contributed by atoms with Gasteiger partial charge in [0.15, 0.2) is 0 Å². The van der Waals surface area contributed by atoms with Gasteiger partial charge in [0.05, 0.1) is 12.5 Å². The molecule has 3 aromatic rings. The highest BCUT2D eigenvalue weighted by Gasteiger charge is 2.40. The molecular formula is C21H17N2O3S2+. The molecule has 5 nitrogen and oxygen atoms in total. The van der Waals surface area contributed by atoms with E-state index in [-0.39, 0.29) is 18.2 Å². The lowest BCUT2D eigenvalue weighted by atomic mass is 10.2. The Labute approximate surface area is 170 Å². The molecule has 0 bridgehead atoms. The molecule has 7 heteroatoms. The van der Waals surface area contributed by atoms with Crippen molar-refractivity contribution in [1.29, 1.82) is 0 Å². The molecule has 0 saturated carbocycles. The highest BCUT2D eigenvalue weighted by molar-refractivity contribution is 8.05. The Balaban J connectivity index is 1.54. The van der Waals surface area contributed by atoms with Crippen molar-refractivity contribution in [2.45, 2.75) is 10.8 Å². The van der Waals surface area contributed by atoms with Gasteiger partial charge >= 0.3 is 10.2 Å². The molecule has 0 spiro atoms. The SMILES string of the molecule is COc1ccccc1/C=C1/Sc2scc(CC(=O)Nc3ccccc3)[n+]2C1=O. The van der Waals surface area contributed by atoms with Crippen LogP contribution in [-0.2, 0) is 11.2 Å². The number of carbonyl (C=O) groups excluding carboxylic acids is 2. The summed E-state index contributed by atoms with van der Waals surface area (Å²) in [6, 6.07) is 16.8. The predicted octanol–water partition coefficient (Wildman–Crippen LogP) is 4.01. The van der Waals surface area contributed by atoms with Gasteiger partial charge in [-0.3, -0.25) is 4.79 Å². The van der Waals surface area contributed by atoms with Crippen LogP contribution in [0.2, 0.25) is 0 Å². The van der Waals surface area contributed by atoms with E-state index in [9.17, 15) is 9.59 Å². The first-order valence-corrected chi connectivity index (χ1v) is 10.3. The number of anilines is 1. The Bertz CT molecular complexity index is 1070. The molecule has 0 unspecified atom stereocenters. The fraction of sp³-hybridized carbons (Fsp3) is 0.0952. The van der Waals surface area contributed by atoms with Crippen LogP contribution in [0.5, 0.6) is 5.75 Å². The molecule has 2 aromatic carbocycles. The summed E-state index contributed by atoms with van der Waals surface area (Å²) in [5, 5.41) is 4.72. The number of amides is 1. The molecule has 1 amide bonds. The molecule has 1 aromatic heterocycles. The largest absolute Gasteiger partial charge is 0.496 e. The maximum Gasteiger partial charge on any atom is 0.433 e. The van der Waals surface area contributed by atoms with Gasteiger partial charge < -0.3 is 10.1 Å². The molecule has 2 heterocycles. The summed E-state index contributed by atoms with van der Waals surface area (Å²) >= 11 is 2.88. The smallest absolute Gasteiger partial charge is 0.433 e. The number of aromatic nitrogens is 1. The molecule has 0 fully saturated rings. The number of methoxy groups -OCH3 is 1. The Kier molecular flexibility index (Phi) is 5.27. The minimum atomic E-state index is -0.153.